The van der Waals surface area contributed by atoms with Crippen molar-refractivity contribution in [3.63, 3.8) is 0 Å². The Labute approximate surface area is 103 Å². The summed E-state index contributed by atoms with van der Waals surface area (Å²) in [7, 11) is 0. The molecule has 0 aliphatic carbocycles. The lowest BCUT2D eigenvalue weighted by Crippen LogP contribution is -2.24. The second-order valence-corrected chi connectivity index (χ2v) is 4.39. The average Bonchev–Trinajstić information content (AvgIpc) is 2.29. The SMILES string of the molecule is CCN(CC)CCCc1cc(N)ccc1Cl. The predicted molar refractivity (Wildman–Crippen MR) is 72.0 cm³/mol. The van der Waals surface area contributed by atoms with Gasteiger partial charge in [-0.25, -0.2) is 0 Å². The maximum absolute atomic E-state index is 6.11. The molecule has 0 aromatic heterocycles. The monoisotopic (exact) mass is 240 g/mol. The molecule has 1 aromatic carbocycles. The van der Waals surface area contributed by atoms with Gasteiger partial charge in [0.2, 0.25) is 0 Å². The van der Waals surface area contributed by atoms with Gasteiger partial charge in [-0.15, -0.1) is 0 Å². The molecular formula is C13H21ClN2. The van der Waals surface area contributed by atoms with E-state index < -0.39 is 0 Å². The van der Waals surface area contributed by atoms with Crippen LogP contribution in [0.2, 0.25) is 5.02 Å². The standard InChI is InChI=1S/C13H21ClN2/c1-3-16(4-2)9-5-6-11-10-12(15)7-8-13(11)14/h7-8,10H,3-6,9,15H2,1-2H3. The third kappa shape index (κ3) is 4.03. The molecule has 0 unspecified atom stereocenters. The highest BCUT2D eigenvalue weighted by atomic mass is 35.5. The Morgan fingerprint density at radius 2 is 1.94 bits per heavy atom. The van der Waals surface area contributed by atoms with Crippen LogP contribution in [0.5, 0.6) is 0 Å². The third-order valence-corrected chi connectivity index (χ3v) is 3.25. The zero-order valence-corrected chi connectivity index (χ0v) is 10.9. The van der Waals surface area contributed by atoms with Crippen LogP contribution >= 0.6 is 11.6 Å². The molecule has 1 rings (SSSR count). The first kappa shape index (κ1) is 13.3. The lowest BCUT2D eigenvalue weighted by molar-refractivity contribution is 0.300. The summed E-state index contributed by atoms with van der Waals surface area (Å²) in [5.41, 5.74) is 7.70. The Balaban J connectivity index is 2.45. The van der Waals surface area contributed by atoms with E-state index in [9.17, 15) is 0 Å². The second kappa shape index (κ2) is 6.77. The van der Waals surface area contributed by atoms with E-state index in [1.807, 2.05) is 18.2 Å². The van der Waals surface area contributed by atoms with Crippen molar-refractivity contribution in [3.05, 3.63) is 28.8 Å². The van der Waals surface area contributed by atoms with Gasteiger partial charge in [-0.2, -0.15) is 0 Å². The molecule has 0 fully saturated rings. The van der Waals surface area contributed by atoms with Gasteiger partial charge in [0, 0.05) is 10.7 Å². The van der Waals surface area contributed by atoms with Gasteiger partial charge in [-0.1, -0.05) is 25.4 Å². The second-order valence-electron chi connectivity index (χ2n) is 3.98. The first-order valence-electron chi connectivity index (χ1n) is 5.93. The van der Waals surface area contributed by atoms with Crippen LogP contribution in [0.15, 0.2) is 18.2 Å². The number of aryl methyl sites for hydroxylation is 1. The summed E-state index contributed by atoms with van der Waals surface area (Å²) < 4.78 is 0. The molecule has 2 nitrogen and oxygen atoms in total. The predicted octanol–water partition coefficient (Wildman–Crippen LogP) is 3.20. The number of hydrogen-bond donors (Lipinski definition) is 1. The smallest absolute Gasteiger partial charge is 0.0439 e. The Morgan fingerprint density at radius 1 is 1.25 bits per heavy atom. The van der Waals surface area contributed by atoms with E-state index in [0.29, 0.717) is 0 Å². The lowest BCUT2D eigenvalue weighted by atomic mass is 10.1. The molecule has 0 radical (unpaired) electrons. The van der Waals surface area contributed by atoms with Crippen LogP contribution in [0.4, 0.5) is 5.69 Å². The van der Waals surface area contributed by atoms with E-state index in [2.05, 4.69) is 18.7 Å². The first-order chi connectivity index (χ1) is 7.67. The number of hydrogen-bond acceptors (Lipinski definition) is 2. The van der Waals surface area contributed by atoms with Crippen molar-refractivity contribution in [1.82, 2.24) is 4.90 Å². The number of halogens is 1. The highest BCUT2D eigenvalue weighted by molar-refractivity contribution is 6.31. The maximum Gasteiger partial charge on any atom is 0.0439 e. The molecule has 90 valence electrons. The van der Waals surface area contributed by atoms with Crippen molar-refractivity contribution in [3.8, 4) is 0 Å². The third-order valence-electron chi connectivity index (χ3n) is 2.88. The summed E-state index contributed by atoms with van der Waals surface area (Å²) in [5, 5.41) is 0.828. The van der Waals surface area contributed by atoms with E-state index >= 15 is 0 Å². The van der Waals surface area contributed by atoms with Crippen molar-refractivity contribution in [2.24, 2.45) is 0 Å². The number of nitrogens with zero attached hydrogens (tertiary/aromatic N) is 1. The molecule has 3 heteroatoms. The summed E-state index contributed by atoms with van der Waals surface area (Å²) >= 11 is 6.11. The number of nitrogens with two attached hydrogens (primary N) is 1. The molecule has 0 bridgehead atoms. The first-order valence-corrected chi connectivity index (χ1v) is 6.31. The molecule has 0 amide bonds. The van der Waals surface area contributed by atoms with Gasteiger partial charge in [0.05, 0.1) is 0 Å². The fourth-order valence-corrected chi connectivity index (χ4v) is 2.03. The molecule has 0 saturated carbocycles. The van der Waals surface area contributed by atoms with E-state index in [4.69, 9.17) is 17.3 Å². The summed E-state index contributed by atoms with van der Waals surface area (Å²) in [6, 6.07) is 5.70. The summed E-state index contributed by atoms with van der Waals surface area (Å²) in [4.78, 5) is 2.42. The van der Waals surface area contributed by atoms with Crippen molar-refractivity contribution in [1.29, 1.82) is 0 Å². The fourth-order valence-electron chi connectivity index (χ4n) is 1.82. The normalized spacial score (nSPS) is 11.0. The zero-order valence-electron chi connectivity index (χ0n) is 10.2. The van der Waals surface area contributed by atoms with E-state index in [1.165, 1.54) is 0 Å². The van der Waals surface area contributed by atoms with Gasteiger partial charge in [-0.3, -0.25) is 0 Å². The number of rotatable bonds is 6. The van der Waals surface area contributed by atoms with Crippen molar-refractivity contribution < 1.29 is 0 Å². The van der Waals surface area contributed by atoms with Crippen molar-refractivity contribution >= 4 is 17.3 Å². The molecule has 0 aliphatic rings. The van der Waals surface area contributed by atoms with Gasteiger partial charge in [0.15, 0.2) is 0 Å². The Bertz CT molecular complexity index is 322. The maximum atomic E-state index is 6.11. The highest BCUT2D eigenvalue weighted by Gasteiger charge is 2.03. The average molecular weight is 241 g/mol. The van der Waals surface area contributed by atoms with Crippen LogP contribution in [-0.2, 0) is 6.42 Å². The quantitative estimate of drug-likeness (QED) is 0.774. The largest absolute Gasteiger partial charge is 0.399 e. The van der Waals surface area contributed by atoms with Gasteiger partial charge in [0.25, 0.3) is 0 Å². The molecule has 0 atom stereocenters. The highest BCUT2D eigenvalue weighted by Crippen LogP contribution is 2.20. The van der Waals surface area contributed by atoms with Gasteiger partial charge < -0.3 is 10.6 Å². The van der Waals surface area contributed by atoms with E-state index in [1.54, 1.807) is 0 Å². The summed E-state index contributed by atoms with van der Waals surface area (Å²) in [5.74, 6) is 0. The zero-order chi connectivity index (χ0) is 12.0. The van der Waals surface area contributed by atoms with Gasteiger partial charge in [-0.05, 0) is 56.2 Å². The van der Waals surface area contributed by atoms with Crippen molar-refractivity contribution in [2.45, 2.75) is 26.7 Å². The van der Waals surface area contributed by atoms with Crippen LogP contribution in [-0.4, -0.2) is 24.5 Å². The molecule has 16 heavy (non-hydrogen) atoms. The van der Waals surface area contributed by atoms with Crippen LogP contribution in [0.25, 0.3) is 0 Å². The Morgan fingerprint density at radius 3 is 2.56 bits per heavy atom. The number of nitrogen functional groups attached to an aromatic ring is 1. The molecule has 0 heterocycles. The molecule has 0 saturated heterocycles. The summed E-state index contributed by atoms with van der Waals surface area (Å²) in [6.45, 7) is 7.73. The van der Waals surface area contributed by atoms with Gasteiger partial charge in [0.1, 0.15) is 0 Å². The van der Waals surface area contributed by atoms with Crippen LogP contribution in [0.1, 0.15) is 25.8 Å². The minimum Gasteiger partial charge on any atom is -0.399 e. The van der Waals surface area contributed by atoms with Crippen LogP contribution in [0, 0.1) is 0 Å². The van der Waals surface area contributed by atoms with E-state index in [0.717, 1.165) is 48.7 Å². The lowest BCUT2D eigenvalue weighted by Gasteiger charge is -2.17. The minimum atomic E-state index is 0.794. The van der Waals surface area contributed by atoms with Crippen molar-refractivity contribution in [2.75, 3.05) is 25.4 Å². The fraction of sp³-hybridized carbons (Fsp3) is 0.538. The van der Waals surface area contributed by atoms with E-state index in [-0.39, 0.29) is 0 Å². The summed E-state index contributed by atoms with van der Waals surface area (Å²) in [6.07, 6.45) is 2.13. The van der Waals surface area contributed by atoms with Gasteiger partial charge >= 0.3 is 0 Å². The molecular weight excluding hydrogens is 220 g/mol. The van der Waals surface area contributed by atoms with Crippen LogP contribution < -0.4 is 5.73 Å². The minimum absolute atomic E-state index is 0.794. The molecule has 0 spiro atoms. The number of anilines is 1. The topological polar surface area (TPSA) is 29.3 Å². The number of benzene rings is 1. The van der Waals surface area contributed by atoms with Crippen LogP contribution in [0.3, 0.4) is 0 Å². The molecule has 1 aromatic rings. The Kier molecular flexibility index (Phi) is 5.64. The molecule has 2 N–H and O–H groups in total. The molecule has 0 aliphatic heterocycles. The Hall–Kier alpha value is -0.730.